The zero-order chi connectivity index (χ0) is 12.7. The number of benzene rings is 1. The molecule has 0 saturated carbocycles. The van der Waals surface area contributed by atoms with Gasteiger partial charge in [0.05, 0.1) is 6.61 Å². The molecule has 0 bridgehead atoms. The van der Waals surface area contributed by atoms with Gasteiger partial charge in [-0.15, -0.1) is 0 Å². The van der Waals surface area contributed by atoms with Gasteiger partial charge in [0.25, 0.3) is 0 Å². The van der Waals surface area contributed by atoms with Gasteiger partial charge in [-0.05, 0) is 6.42 Å². The number of ether oxygens (including phenoxy) is 1. The molecule has 1 rings (SSSR count). The van der Waals surface area contributed by atoms with E-state index in [1.807, 2.05) is 25.1 Å². The Labute approximate surface area is 102 Å². The molecule has 3 nitrogen and oxygen atoms in total. The fraction of sp³-hybridized carbons (Fsp3) is 0.429. The van der Waals surface area contributed by atoms with Gasteiger partial charge >= 0.3 is 5.97 Å². The Morgan fingerprint density at radius 1 is 1.24 bits per heavy atom. The number of rotatable bonds is 6. The number of carbonyl (C=O) groups excluding carboxylic acids is 2. The van der Waals surface area contributed by atoms with Crippen molar-refractivity contribution < 1.29 is 14.3 Å². The number of Topliss-reactive ketones (excluding diaryl/α,β-unsaturated/α-hetero) is 1. The van der Waals surface area contributed by atoms with Crippen LogP contribution in [0.2, 0.25) is 0 Å². The molecule has 0 aromatic heterocycles. The molecule has 0 amide bonds. The summed E-state index contributed by atoms with van der Waals surface area (Å²) < 4.78 is 4.94. The third-order valence-electron chi connectivity index (χ3n) is 2.67. The van der Waals surface area contributed by atoms with Crippen molar-refractivity contribution in [2.75, 3.05) is 6.61 Å². The maximum Gasteiger partial charge on any atom is 0.302 e. The summed E-state index contributed by atoms with van der Waals surface area (Å²) in [5.41, 5.74) is 0.716. The second kappa shape index (κ2) is 6.84. The SMILES string of the molecule is CCC(COC(C)=O)CC(=O)c1ccccc1. The van der Waals surface area contributed by atoms with Crippen molar-refractivity contribution in [3.05, 3.63) is 35.9 Å². The smallest absolute Gasteiger partial charge is 0.302 e. The third kappa shape index (κ3) is 4.81. The van der Waals surface area contributed by atoms with Crippen molar-refractivity contribution in [3.8, 4) is 0 Å². The van der Waals surface area contributed by atoms with Gasteiger partial charge in [0.15, 0.2) is 5.78 Å². The van der Waals surface area contributed by atoms with Crippen LogP contribution in [0.25, 0.3) is 0 Å². The Kier molecular flexibility index (Phi) is 5.40. The van der Waals surface area contributed by atoms with Gasteiger partial charge in [-0.3, -0.25) is 9.59 Å². The van der Waals surface area contributed by atoms with Crippen LogP contribution in [-0.4, -0.2) is 18.4 Å². The molecule has 0 aliphatic rings. The highest BCUT2D eigenvalue weighted by Gasteiger charge is 2.14. The molecule has 17 heavy (non-hydrogen) atoms. The molecule has 3 heteroatoms. The van der Waals surface area contributed by atoms with Crippen LogP contribution in [0.5, 0.6) is 0 Å². The van der Waals surface area contributed by atoms with Crippen molar-refractivity contribution in [2.24, 2.45) is 5.92 Å². The highest BCUT2D eigenvalue weighted by Crippen LogP contribution is 2.13. The first-order chi connectivity index (χ1) is 8.13. The van der Waals surface area contributed by atoms with E-state index in [2.05, 4.69) is 0 Å². The van der Waals surface area contributed by atoms with Gasteiger partial charge < -0.3 is 4.74 Å². The Morgan fingerprint density at radius 2 is 1.88 bits per heavy atom. The highest BCUT2D eigenvalue weighted by molar-refractivity contribution is 5.96. The van der Waals surface area contributed by atoms with Crippen LogP contribution < -0.4 is 0 Å². The van der Waals surface area contributed by atoms with Gasteiger partial charge in [0, 0.05) is 24.8 Å². The van der Waals surface area contributed by atoms with Crippen LogP contribution in [0.3, 0.4) is 0 Å². The first-order valence-electron chi connectivity index (χ1n) is 5.85. The predicted molar refractivity (Wildman–Crippen MR) is 65.8 cm³/mol. The van der Waals surface area contributed by atoms with E-state index in [-0.39, 0.29) is 17.7 Å². The summed E-state index contributed by atoms with van der Waals surface area (Å²) in [4.78, 5) is 22.6. The summed E-state index contributed by atoms with van der Waals surface area (Å²) in [7, 11) is 0. The van der Waals surface area contributed by atoms with Gasteiger partial charge in [-0.2, -0.15) is 0 Å². The summed E-state index contributed by atoms with van der Waals surface area (Å²) in [5.74, 6) is -0.0909. The predicted octanol–water partition coefficient (Wildman–Crippen LogP) is 2.85. The van der Waals surface area contributed by atoms with Crippen molar-refractivity contribution in [1.82, 2.24) is 0 Å². The van der Waals surface area contributed by atoms with E-state index in [9.17, 15) is 9.59 Å². The van der Waals surface area contributed by atoms with Crippen LogP contribution in [0, 0.1) is 5.92 Å². The number of hydrogen-bond acceptors (Lipinski definition) is 3. The van der Waals surface area contributed by atoms with E-state index in [1.54, 1.807) is 12.1 Å². The van der Waals surface area contributed by atoms with E-state index in [1.165, 1.54) is 6.92 Å². The molecule has 0 saturated heterocycles. The van der Waals surface area contributed by atoms with Crippen LogP contribution in [0.15, 0.2) is 30.3 Å². The minimum absolute atomic E-state index is 0.101. The van der Waals surface area contributed by atoms with Crippen molar-refractivity contribution in [3.63, 3.8) is 0 Å². The molecular weight excluding hydrogens is 216 g/mol. The molecule has 0 heterocycles. The van der Waals surface area contributed by atoms with Crippen molar-refractivity contribution in [2.45, 2.75) is 26.7 Å². The number of esters is 1. The number of ketones is 1. The first-order valence-corrected chi connectivity index (χ1v) is 5.85. The summed E-state index contributed by atoms with van der Waals surface area (Å²) >= 11 is 0. The molecule has 0 fully saturated rings. The number of hydrogen-bond donors (Lipinski definition) is 0. The first kappa shape index (κ1) is 13.4. The molecule has 1 aromatic carbocycles. The second-order valence-electron chi connectivity index (χ2n) is 4.07. The Bertz CT molecular complexity index is 370. The topological polar surface area (TPSA) is 43.4 Å². The van der Waals surface area contributed by atoms with Crippen molar-refractivity contribution >= 4 is 11.8 Å². The number of carbonyl (C=O) groups is 2. The molecule has 1 aromatic rings. The summed E-state index contributed by atoms with van der Waals surface area (Å²) in [5, 5.41) is 0. The molecule has 0 radical (unpaired) electrons. The Morgan fingerprint density at radius 3 is 2.41 bits per heavy atom. The van der Waals surface area contributed by atoms with E-state index in [0.717, 1.165) is 6.42 Å². The summed E-state index contributed by atoms with van der Waals surface area (Å²) in [6.07, 6.45) is 1.25. The van der Waals surface area contributed by atoms with E-state index in [4.69, 9.17) is 4.74 Å². The summed E-state index contributed by atoms with van der Waals surface area (Å²) in [6.45, 7) is 3.70. The van der Waals surface area contributed by atoms with Crippen molar-refractivity contribution in [1.29, 1.82) is 0 Å². The molecule has 0 aliphatic heterocycles. The van der Waals surface area contributed by atoms with Gasteiger partial charge in [0.1, 0.15) is 0 Å². The molecule has 92 valence electrons. The van der Waals surface area contributed by atoms with E-state index < -0.39 is 0 Å². The minimum Gasteiger partial charge on any atom is -0.466 e. The lowest BCUT2D eigenvalue weighted by Crippen LogP contribution is -2.15. The second-order valence-corrected chi connectivity index (χ2v) is 4.07. The third-order valence-corrected chi connectivity index (χ3v) is 2.67. The fourth-order valence-corrected chi connectivity index (χ4v) is 1.56. The van der Waals surface area contributed by atoms with E-state index in [0.29, 0.717) is 18.6 Å². The molecular formula is C14H18O3. The van der Waals surface area contributed by atoms with Crippen LogP contribution in [0.4, 0.5) is 0 Å². The standard InChI is InChI=1S/C14H18O3/c1-3-12(10-17-11(2)15)9-14(16)13-7-5-4-6-8-13/h4-8,12H,3,9-10H2,1-2H3. The largest absolute Gasteiger partial charge is 0.466 e. The zero-order valence-electron chi connectivity index (χ0n) is 10.3. The molecule has 0 spiro atoms. The average Bonchev–Trinajstić information content (AvgIpc) is 2.35. The van der Waals surface area contributed by atoms with E-state index >= 15 is 0 Å². The molecule has 1 atom stereocenters. The minimum atomic E-state index is -0.296. The fourth-order valence-electron chi connectivity index (χ4n) is 1.56. The van der Waals surface area contributed by atoms with Gasteiger partial charge in [0.2, 0.25) is 0 Å². The highest BCUT2D eigenvalue weighted by atomic mass is 16.5. The maximum atomic E-state index is 11.9. The molecule has 0 aliphatic carbocycles. The quantitative estimate of drug-likeness (QED) is 0.561. The van der Waals surface area contributed by atoms with Crippen LogP contribution in [0.1, 0.15) is 37.0 Å². The summed E-state index contributed by atoms with van der Waals surface area (Å²) in [6, 6.07) is 9.19. The normalized spacial score (nSPS) is 11.9. The average molecular weight is 234 g/mol. The Balaban J connectivity index is 2.51. The lowest BCUT2D eigenvalue weighted by molar-refractivity contribution is -0.142. The molecule has 0 N–H and O–H groups in total. The van der Waals surface area contributed by atoms with Crippen LogP contribution >= 0.6 is 0 Å². The zero-order valence-corrected chi connectivity index (χ0v) is 10.3. The lowest BCUT2D eigenvalue weighted by Gasteiger charge is -2.13. The van der Waals surface area contributed by atoms with Gasteiger partial charge in [-0.25, -0.2) is 0 Å². The Hall–Kier alpha value is -1.64. The van der Waals surface area contributed by atoms with Crippen LogP contribution in [-0.2, 0) is 9.53 Å². The maximum absolute atomic E-state index is 11.9. The monoisotopic (exact) mass is 234 g/mol. The lowest BCUT2D eigenvalue weighted by atomic mass is 9.97. The van der Waals surface area contributed by atoms with Gasteiger partial charge in [-0.1, -0.05) is 37.3 Å². The molecule has 1 unspecified atom stereocenters.